The predicted molar refractivity (Wildman–Crippen MR) is 66.6 cm³/mol. The molecule has 3 nitrogen and oxygen atoms in total. The van der Waals surface area contributed by atoms with Crippen LogP contribution in [0.3, 0.4) is 0 Å². The van der Waals surface area contributed by atoms with Crippen molar-refractivity contribution in [3.63, 3.8) is 0 Å². The zero-order valence-electron chi connectivity index (χ0n) is 10.8. The summed E-state index contributed by atoms with van der Waals surface area (Å²) < 4.78 is 5.42. The normalized spacial score (nSPS) is 21.9. The van der Waals surface area contributed by atoms with Crippen LogP contribution in [0.2, 0.25) is 0 Å². The number of hydrogen-bond acceptors (Lipinski definition) is 3. The van der Waals surface area contributed by atoms with Crippen LogP contribution in [-0.2, 0) is 4.74 Å². The highest BCUT2D eigenvalue weighted by atomic mass is 16.5. The molecule has 0 aliphatic carbocycles. The predicted octanol–water partition coefficient (Wildman–Crippen LogP) is 2.09. The van der Waals surface area contributed by atoms with Crippen molar-refractivity contribution in [1.29, 1.82) is 0 Å². The van der Waals surface area contributed by atoms with Crippen LogP contribution in [-0.4, -0.2) is 36.5 Å². The Labute approximate surface area is 99.6 Å². The molecule has 0 aromatic carbocycles. The van der Waals surface area contributed by atoms with Gasteiger partial charge in [0.15, 0.2) is 0 Å². The van der Waals surface area contributed by atoms with E-state index in [4.69, 9.17) is 4.74 Å². The fraction of sp³-hybridized carbons (Fsp3) is 1.00. The molecule has 2 N–H and O–H groups in total. The Morgan fingerprint density at radius 1 is 1.31 bits per heavy atom. The molecule has 1 fully saturated rings. The van der Waals surface area contributed by atoms with Crippen LogP contribution >= 0.6 is 0 Å². The van der Waals surface area contributed by atoms with Gasteiger partial charge >= 0.3 is 0 Å². The van der Waals surface area contributed by atoms with Crippen molar-refractivity contribution in [2.75, 3.05) is 19.8 Å². The molecule has 0 aromatic rings. The Kier molecular flexibility index (Phi) is 6.32. The summed E-state index contributed by atoms with van der Waals surface area (Å²) in [5.41, 5.74) is 0.128. The van der Waals surface area contributed by atoms with Crippen molar-refractivity contribution in [3.05, 3.63) is 0 Å². The summed E-state index contributed by atoms with van der Waals surface area (Å²) in [5, 5.41) is 13.0. The van der Waals surface area contributed by atoms with E-state index in [1.807, 2.05) is 0 Å². The molecule has 1 heterocycles. The van der Waals surface area contributed by atoms with Crippen molar-refractivity contribution in [2.45, 2.75) is 64.0 Å². The van der Waals surface area contributed by atoms with Gasteiger partial charge in [-0.3, -0.25) is 0 Å². The molecule has 3 heteroatoms. The summed E-state index contributed by atoms with van der Waals surface area (Å²) in [6, 6.07) is 0.592. The van der Waals surface area contributed by atoms with Crippen LogP contribution in [0.1, 0.15) is 52.4 Å². The zero-order chi connectivity index (χ0) is 11.9. The van der Waals surface area contributed by atoms with Crippen LogP contribution in [0, 0.1) is 0 Å². The second-order valence-electron chi connectivity index (χ2n) is 4.90. The average Bonchev–Trinajstić information content (AvgIpc) is 2.30. The lowest BCUT2D eigenvalue weighted by Crippen LogP contribution is -2.54. The van der Waals surface area contributed by atoms with Gasteiger partial charge in [0.1, 0.15) is 0 Å². The van der Waals surface area contributed by atoms with Gasteiger partial charge in [-0.25, -0.2) is 0 Å². The zero-order valence-corrected chi connectivity index (χ0v) is 10.8. The largest absolute Gasteiger partial charge is 0.396 e. The van der Waals surface area contributed by atoms with E-state index in [9.17, 15) is 5.11 Å². The number of aliphatic hydroxyl groups is 1. The van der Waals surface area contributed by atoms with Crippen molar-refractivity contribution >= 4 is 0 Å². The third-order valence-electron chi connectivity index (χ3n) is 3.68. The van der Waals surface area contributed by atoms with Crippen molar-refractivity contribution in [2.24, 2.45) is 0 Å². The lowest BCUT2D eigenvalue weighted by atomic mass is 9.85. The summed E-state index contributed by atoms with van der Waals surface area (Å²) in [4.78, 5) is 0. The molecule has 0 saturated carbocycles. The molecular weight excluding hydrogens is 202 g/mol. The van der Waals surface area contributed by atoms with E-state index >= 15 is 0 Å². The fourth-order valence-corrected chi connectivity index (χ4v) is 2.60. The second kappa shape index (κ2) is 7.25. The SMILES string of the molecule is CCCC(CC)NC1(CCO)CCOCC1. The molecular formula is C13H27NO2. The third-order valence-corrected chi connectivity index (χ3v) is 3.68. The Morgan fingerprint density at radius 3 is 2.50 bits per heavy atom. The molecule has 1 rings (SSSR count). The van der Waals surface area contributed by atoms with Crippen LogP contribution in [0.4, 0.5) is 0 Å². The molecule has 16 heavy (non-hydrogen) atoms. The maximum absolute atomic E-state index is 9.22. The van der Waals surface area contributed by atoms with Crippen molar-refractivity contribution < 1.29 is 9.84 Å². The van der Waals surface area contributed by atoms with Gasteiger partial charge in [0.2, 0.25) is 0 Å². The maximum Gasteiger partial charge on any atom is 0.0483 e. The topological polar surface area (TPSA) is 41.5 Å². The first-order chi connectivity index (χ1) is 7.76. The summed E-state index contributed by atoms with van der Waals surface area (Å²) in [6.45, 7) is 6.40. The van der Waals surface area contributed by atoms with Crippen LogP contribution in [0.5, 0.6) is 0 Å². The lowest BCUT2D eigenvalue weighted by molar-refractivity contribution is 0.0215. The maximum atomic E-state index is 9.22. The van der Waals surface area contributed by atoms with Gasteiger partial charge in [0.05, 0.1) is 0 Å². The Morgan fingerprint density at radius 2 is 2.00 bits per heavy atom. The van der Waals surface area contributed by atoms with Gasteiger partial charge in [0.25, 0.3) is 0 Å². The monoisotopic (exact) mass is 229 g/mol. The van der Waals surface area contributed by atoms with E-state index in [-0.39, 0.29) is 12.1 Å². The molecule has 1 aliphatic rings. The highest BCUT2D eigenvalue weighted by Gasteiger charge is 2.33. The quantitative estimate of drug-likeness (QED) is 0.702. The number of nitrogens with one attached hydrogen (secondary N) is 1. The van der Waals surface area contributed by atoms with E-state index in [1.165, 1.54) is 19.3 Å². The van der Waals surface area contributed by atoms with E-state index in [1.54, 1.807) is 0 Å². The van der Waals surface area contributed by atoms with E-state index in [2.05, 4.69) is 19.2 Å². The average molecular weight is 229 g/mol. The molecule has 0 spiro atoms. The summed E-state index contributed by atoms with van der Waals surface area (Å²) in [6.07, 6.45) is 6.54. The Hall–Kier alpha value is -0.120. The van der Waals surface area contributed by atoms with E-state index in [0.717, 1.165) is 32.5 Å². The second-order valence-corrected chi connectivity index (χ2v) is 4.90. The molecule has 96 valence electrons. The standard InChI is InChI=1S/C13H27NO2/c1-3-5-12(4-2)14-13(6-9-15)7-10-16-11-8-13/h12,14-15H,3-11H2,1-2H3. The van der Waals surface area contributed by atoms with Gasteiger partial charge in [-0.2, -0.15) is 0 Å². The molecule has 0 amide bonds. The highest BCUT2D eigenvalue weighted by molar-refractivity contribution is 4.92. The molecule has 1 aliphatic heterocycles. The number of hydrogen-bond donors (Lipinski definition) is 2. The Balaban J connectivity index is 2.53. The molecule has 0 aromatic heterocycles. The van der Waals surface area contributed by atoms with Gasteiger partial charge in [-0.15, -0.1) is 0 Å². The first kappa shape index (κ1) is 13.9. The van der Waals surface area contributed by atoms with Gasteiger partial charge < -0.3 is 15.2 Å². The van der Waals surface area contributed by atoms with Gasteiger partial charge in [-0.1, -0.05) is 20.3 Å². The lowest BCUT2D eigenvalue weighted by Gasteiger charge is -2.41. The minimum atomic E-state index is 0.128. The minimum Gasteiger partial charge on any atom is -0.396 e. The van der Waals surface area contributed by atoms with Gasteiger partial charge in [0, 0.05) is 31.4 Å². The smallest absolute Gasteiger partial charge is 0.0483 e. The number of aliphatic hydroxyl groups excluding tert-OH is 1. The summed E-state index contributed by atoms with van der Waals surface area (Å²) in [7, 11) is 0. The van der Waals surface area contributed by atoms with Crippen LogP contribution < -0.4 is 5.32 Å². The first-order valence-corrected chi connectivity index (χ1v) is 6.72. The third kappa shape index (κ3) is 4.04. The van der Waals surface area contributed by atoms with Crippen LogP contribution in [0.15, 0.2) is 0 Å². The molecule has 0 bridgehead atoms. The van der Waals surface area contributed by atoms with Crippen molar-refractivity contribution in [1.82, 2.24) is 5.32 Å². The van der Waals surface area contributed by atoms with Crippen molar-refractivity contribution in [3.8, 4) is 0 Å². The fourth-order valence-electron chi connectivity index (χ4n) is 2.60. The molecule has 1 unspecified atom stereocenters. The highest BCUT2D eigenvalue weighted by Crippen LogP contribution is 2.26. The number of rotatable bonds is 7. The molecule has 1 saturated heterocycles. The summed E-state index contributed by atoms with van der Waals surface area (Å²) in [5.74, 6) is 0. The Bertz CT molecular complexity index is 173. The first-order valence-electron chi connectivity index (χ1n) is 6.72. The van der Waals surface area contributed by atoms with Crippen LogP contribution in [0.25, 0.3) is 0 Å². The number of ether oxygens (including phenoxy) is 1. The molecule has 1 atom stereocenters. The minimum absolute atomic E-state index is 0.128. The van der Waals surface area contributed by atoms with E-state index in [0.29, 0.717) is 6.04 Å². The van der Waals surface area contributed by atoms with E-state index < -0.39 is 0 Å². The van der Waals surface area contributed by atoms with Gasteiger partial charge in [-0.05, 0) is 32.1 Å². The molecule has 0 radical (unpaired) electrons. The summed E-state index contributed by atoms with van der Waals surface area (Å²) >= 11 is 0.